The van der Waals surface area contributed by atoms with Gasteiger partial charge in [-0.25, -0.2) is 0 Å². The topological polar surface area (TPSA) is 83.5 Å². The Labute approximate surface area is 158 Å². The fraction of sp³-hybridized carbons (Fsp3) is 0.188. The Kier molecular flexibility index (Phi) is 6.98. The van der Waals surface area contributed by atoms with Crippen LogP contribution in [0.5, 0.6) is 0 Å². The molecule has 2 aromatic rings. The van der Waals surface area contributed by atoms with E-state index < -0.39 is 27.3 Å². The van der Waals surface area contributed by atoms with E-state index in [1.54, 1.807) is 67.6 Å². The van der Waals surface area contributed by atoms with Gasteiger partial charge in [-0.05, 0) is 24.6 Å². The van der Waals surface area contributed by atoms with Crippen LogP contribution in [-0.2, 0) is 15.7 Å². The molecule has 1 unspecified atom stereocenters. The molecule has 0 aromatic heterocycles. The first-order valence-electron chi connectivity index (χ1n) is 6.68. The maximum atomic E-state index is 12.3. The van der Waals surface area contributed by atoms with Crippen LogP contribution in [-0.4, -0.2) is 54.2 Å². The molecule has 0 saturated carbocycles. The molecule has 2 rings (SSSR count). The van der Waals surface area contributed by atoms with E-state index in [2.05, 4.69) is 5.32 Å². The van der Waals surface area contributed by atoms with Gasteiger partial charge in [0.2, 0.25) is 0 Å². The summed E-state index contributed by atoms with van der Waals surface area (Å²) in [6.07, 6.45) is 0. The van der Waals surface area contributed by atoms with Crippen LogP contribution >= 0.6 is 0 Å². The molecule has 0 radical (unpaired) electrons. The Bertz CT molecular complexity index is 750. The number of carbonyl (C=O) groups is 1. The van der Waals surface area contributed by atoms with E-state index in [1.165, 1.54) is 0 Å². The Balaban J connectivity index is 0.00000264. The van der Waals surface area contributed by atoms with Gasteiger partial charge in [0.25, 0.3) is 16.0 Å². The molecule has 2 N–H and O–H groups in total. The van der Waals surface area contributed by atoms with E-state index in [0.29, 0.717) is 11.1 Å². The Hall–Kier alpha value is -1.18. The summed E-state index contributed by atoms with van der Waals surface area (Å²) in [6, 6.07) is 17.2. The molecule has 0 saturated heterocycles. The Morgan fingerprint density at radius 2 is 1.52 bits per heavy atom. The summed E-state index contributed by atoms with van der Waals surface area (Å²) in [5, 5.41) is 2.70. The third-order valence-corrected chi connectivity index (χ3v) is 4.25. The zero-order valence-electron chi connectivity index (χ0n) is 12.1. The number of nitrogens with one attached hydrogen (secondary N) is 1. The van der Waals surface area contributed by atoms with Crippen LogP contribution in [0, 0.1) is 0 Å². The molecular weight excluding hydrogens is 325 g/mol. The molecule has 1 amide bonds. The predicted molar refractivity (Wildman–Crippen MR) is 91.3 cm³/mol. The van der Waals surface area contributed by atoms with Gasteiger partial charge in [0.15, 0.2) is 0 Å². The summed E-state index contributed by atoms with van der Waals surface area (Å²) >= 11 is 0. The first kappa shape index (κ1) is 19.9. The van der Waals surface area contributed by atoms with Crippen molar-refractivity contribution >= 4 is 45.6 Å². The molecule has 118 valence electrons. The number of carbonyl (C=O) groups excluding carboxylic acids is 1. The summed E-state index contributed by atoms with van der Waals surface area (Å²) in [4.78, 5) is 12.3. The molecule has 23 heavy (non-hydrogen) atoms. The normalized spacial score (nSPS) is 13.5. The zero-order chi connectivity index (χ0) is 16.2. The molecule has 0 heterocycles. The van der Waals surface area contributed by atoms with Gasteiger partial charge in [0.1, 0.15) is 5.75 Å². The first-order valence-corrected chi connectivity index (χ1v) is 8.29. The molecule has 2 aromatic carbocycles. The first-order chi connectivity index (χ1) is 10.3. The van der Waals surface area contributed by atoms with Crippen LogP contribution in [0.3, 0.4) is 0 Å². The number of hydrogen-bond donors (Lipinski definition) is 2. The van der Waals surface area contributed by atoms with Crippen LogP contribution in [0.25, 0.3) is 0 Å². The second-order valence-corrected chi connectivity index (χ2v) is 6.70. The zero-order valence-corrected chi connectivity index (χ0v) is 12.9. The van der Waals surface area contributed by atoms with Gasteiger partial charge in [-0.2, -0.15) is 8.42 Å². The summed E-state index contributed by atoms with van der Waals surface area (Å²) in [5.74, 6) is -1.02. The SMILES string of the molecule is CC(CS(=O)(=O)O)(NC(=O)c1ccccc1)c1ccccc1.[NaH]. The van der Waals surface area contributed by atoms with Crippen LogP contribution in [0.15, 0.2) is 60.7 Å². The summed E-state index contributed by atoms with van der Waals surface area (Å²) in [6.45, 7) is 1.57. The molecule has 0 aliphatic carbocycles. The van der Waals surface area contributed by atoms with Crippen molar-refractivity contribution in [3.8, 4) is 0 Å². The molecule has 7 heteroatoms. The van der Waals surface area contributed by atoms with E-state index in [9.17, 15) is 17.8 Å². The molecule has 1 atom stereocenters. The minimum absolute atomic E-state index is 0. The standard InChI is InChI=1S/C16H17NO4S.Na.H/c1-16(12-22(19,20)21,14-10-6-3-7-11-14)17-15(18)13-8-4-2-5-9-13;;/h2-11H,12H2,1H3,(H,17,18)(H,19,20,21);;. The van der Waals surface area contributed by atoms with E-state index >= 15 is 0 Å². The van der Waals surface area contributed by atoms with Crippen molar-refractivity contribution in [1.29, 1.82) is 0 Å². The van der Waals surface area contributed by atoms with E-state index in [0.717, 1.165) is 0 Å². The fourth-order valence-corrected chi connectivity index (χ4v) is 3.24. The van der Waals surface area contributed by atoms with Gasteiger partial charge in [-0.15, -0.1) is 0 Å². The molecule has 0 fully saturated rings. The number of amides is 1. The average Bonchev–Trinajstić information content (AvgIpc) is 2.47. The second-order valence-electron chi connectivity index (χ2n) is 5.24. The summed E-state index contributed by atoms with van der Waals surface area (Å²) in [5.41, 5.74) is -0.223. The molecule has 5 nitrogen and oxygen atoms in total. The maximum absolute atomic E-state index is 12.3. The monoisotopic (exact) mass is 343 g/mol. The van der Waals surface area contributed by atoms with Crippen molar-refractivity contribution in [3.63, 3.8) is 0 Å². The summed E-state index contributed by atoms with van der Waals surface area (Å²) < 4.78 is 31.9. The number of hydrogen-bond acceptors (Lipinski definition) is 3. The van der Waals surface area contributed by atoms with Crippen molar-refractivity contribution in [2.45, 2.75) is 12.5 Å². The van der Waals surface area contributed by atoms with Crippen molar-refractivity contribution < 1.29 is 17.8 Å². The Morgan fingerprint density at radius 1 is 1.04 bits per heavy atom. The molecule has 0 aliphatic heterocycles. The van der Waals surface area contributed by atoms with E-state index in [4.69, 9.17) is 0 Å². The van der Waals surface area contributed by atoms with Crippen LogP contribution in [0.2, 0.25) is 0 Å². The second kappa shape index (κ2) is 8.08. The number of rotatable bonds is 5. The van der Waals surface area contributed by atoms with E-state index in [-0.39, 0.29) is 29.6 Å². The van der Waals surface area contributed by atoms with Crippen molar-refractivity contribution in [3.05, 3.63) is 71.8 Å². The molecule has 0 bridgehead atoms. The molecular formula is C16H18NNaO4S. The van der Waals surface area contributed by atoms with Crippen LogP contribution < -0.4 is 5.32 Å². The van der Waals surface area contributed by atoms with Gasteiger partial charge in [-0.3, -0.25) is 9.35 Å². The van der Waals surface area contributed by atoms with Crippen LogP contribution in [0.1, 0.15) is 22.8 Å². The number of benzene rings is 2. The van der Waals surface area contributed by atoms with Gasteiger partial charge in [0.05, 0.1) is 5.54 Å². The van der Waals surface area contributed by atoms with Gasteiger partial charge >= 0.3 is 29.6 Å². The minimum atomic E-state index is -4.27. The van der Waals surface area contributed by atoms with Crippen molar-refractivity contribution in [2.75, 3.05) is 5.75 Å². The van der Waals surface area contributed by atoms with Gasteiger partial charge < -0.3 is 5.32 Å². The van der Waals surface area contributed by atoms with E-state index in [1.807, 2.05) is 0 Å². The molecule has 0 aliphatic rings. The fourth-order valence-electron chi connectivity index (χ4n) is 2.27. The third-order valence-electron chi connectivity index (χ3n) is 3.31. The average molecular weight is 343 g/mol. The third kappa shape index (κ3) is 5.75. The summed E-state index contributed by atoms with van der Waals surface area (Å²) in [7, 11) is -4.27. The van der Waals surface area contributed by atoms with Crippen molar-refractivity contribution in [2.24, 2.45) is 0 Å². The van der Waals surface area contributed by atoms with Crippen molar-refractivity contribution in [1.82, 2.24) is 5.32 Å². The van der Waals surface area contributed by atoms with Crippen LogP contribution in [0.4, 0.5) is 0 Å². The Morgan fingerprint density at radius 3 is 2.00 bits per heavy atom. The van der Waals surface area contributed by atoms with Gasteiger partial charge in [-0.1, -0.05) is 48.5 Å². The quantitative estimate of drug-likeness (QED) is 0.638. The van der Waals surface area contributed by atoms with Gasteiger partial charge in [0, 0.05) is 5.56 Å². The predicted octanol–water partition coefficient (Wildman–Crippen LogP) is 1.57. The molecule has 0 spiro atoms.